The minimum Gasteiger partial charge on any atom is -0.493 e. The molecule has 0 radical (unpaired) electrons. The first kappa shape index (κ1) is 22.3. The SMILES string of the molecule is COc1ccc(C(CC=O)c2cccc(OCC(=O)OC(C)(C)C)c2)cc1OC. The zero-order valence-electron chi connectivity index (χ0n) is 17.6. The molecule has 0 spiro atoms. The van der Waals surface area contributed by atoms with Crippen LogP contribution in [0.5, 0.6) is 17.2 Å². The average molecular weight is 400 g/mol. The molecule has 0 aromatic heterocycles. The number of hydrogen-bond donors (Lipinski definition) is 0. The van der Waals surface area contributed by atoms with Crippen LogP contribution in [-0.4, -0.2) is 38.7 Å². The summed E-state index contributed by atoms with van der Waals surface area (Å²) in [7, 11) is 3.15. The van der Waals surface area contributed by atoms with E-state index in [9.17, 15) is 9.59 Å². The molecule has 0 fully saturated rings. The molecule has 1 atom stereocenters. The van der Waals surface area contributed by atoms with Crippen LogP contribution in [0.25, 0.3) is 0 Å². The van der Waals surface area contributed by atoms with Gasteiger partial charge in [0.1, 0.15) is 17.6 Å². The molecule has 29 heavy (non-hydrogen) atoms. The monoisotopic (exact) mass is 400 g/mol. The topological polar surface area (TPSA) is 71.1 Å². The van der Waals surface area contributed by atoms with E-state index in [4.69, 9.17) is 18.9 Å². The van der Waals surface area contributed by atoms with Crippen molar-refractivity contribution in [1.82, 2.24) is 0 Å². The standard InChI is InChI=1S/C23H28O6/c1-23(2,3)29-22(25)15-28-18-8-6-7-16(13-18)19(11-12-24)17-9-10-20(26-4)21(14-17)27-5/h6-10,12-14,19H,11,15H2,1-5H3. The highest BCUT2D eigenvalue weighted by Crippen LogP contribution is 2.35. The van der Waals surface area contributed by atoms with Crippen LogP contribution in [0.1, 0.15) is 44.2 Å². The summed E-state index contributed by atoms with van der Waals surface area (Å²) in [5.41, 5.74) is 1.25. The maximum absolute atomic E-state index is 11.9. The molecule has 0 saturated heterocycles. The molecule has 0 aliphatic rings. The molecule has 2 aromatic carbocycles. The number of esters is 1. The first-order valence-corrected chi connectivity index (χ1v) is 9.37. The average Bonchev–Trinajstić information content (AvgIpc) is 2.69. The normalized spacial score (nSPS) is 12.0. The Hall–Kier alpha value is -3.02. The molecule has 2 rings (SSSR count). The predicted molar refractivity (Wildman–Crippen MR) is 110 cm³/mol. The number of hydrogen-bond acceptors (Lipinski definition) is 6. The molecule has 2 aromatic rings. The lowest BCUT2D eigenvalue weighted by Crippen LogP contribution is -2.27. The van der Waals surface area contributed by atoms with Crippen LogP contribution in [0.3, 0.4) is 0 Å². The van der Waals surface area contributed by atoms with Gasteiger partial charge in [-0.05, 0) is 56.2 Å². The zero-order valence-corrected chi connectivity index (χ0v) is 17.6. The van der Waals surface area contributed by atoms with Crippen LogP contribution in [0.2, 0.25) is 0 Å². The second-order valence-electron chi connectivity index (χ2n) is 7.52. The maximum atomic E-state index is 11.9. The lowest BCUT2D eigenvalue weighted by molar-refractivity contribution is -0.157. The van der Waals surface area contributed by atoms with E-state index in [2.05, 4.69) is 0 Å². The third-order valence-electron chi connectivity index (χ3n) is 4.18. The smallest absolute Gasteiger partial charge is 0.344 e. The van der Waals surface area contributed by atoms with Crippen molar-refractivity contribution in [1.29, 1.82) is 0 Å². The van der Waals surface area contributed by atoms with Gasteiger partial charge in [0.15, 0.2) is 18.1 Å². The van der Waals surface area contributed by atoms with Gasteiger partial charge >= 0.3 is 5.97 Å². The molecular weight excluding hydrogens is 372 g/mol. The summed E-state index contributed by atoms with van der Waals surface area (Å²) in [5.74, 6) is 1.13. The van der Waals surface area contributed by atoms with Gasteiger partial charge in [0.25, 0.3) is 0 Å². The Bertz CT molecular complexity index is 838. The van der Waals surface area contributed by atoms with E-state index >= 15 is 0 Å². The Balaban J connectivity index is 2.23. The minimum atomic E-state index is -0.565. The Morgan fingerprint density at radius 1 is 1.00 bits per heavy atom. The van der Waals surface area contributed by atoms with Gasteiger partial charge < -0.3 is 23.7 Å². The summed E-state index contributed by atoms with van der Waals surface area (Å²) >= 11 is 0. The van der Waals surface area contributed by atoms with Gasteiger partial charge in [-0.15, -0.1) is 0 Å². The second-order valence-corrected chi connectivity index (χ2v) is 7.52. The van der Waals surface area contributed by atoms with E-state index in [1.54, 1.807) is 41.1 Å². The second kappa shape index (κ2) is 9.96. The van der Waals surface area contributed by atoms with E-state index < -0.39 is 11.6 Å². The fourth-order valence-corrected chi connectivity index (χ4v) is 2.96. The quantitative estimate of drug-likeness (QED) is 0.465. The van der Waals surface area contributed by atoms with Crippen molar-refractivity contribution >= 4 is 12.3 Å². The molecular formula is C23H28O6. The number of carbonyl (C=O) groups excluding carboxylic acids is 2. The van der Waals surface area contributed by atoms with Crippen molar-refractivity contribution < 1.29 is 28.5 Å². The lowest BCUT2D eigenvalue weighted by atomic mass is 9.88. The van der Waals surface area contributed by atoms with E-state index in [0.29, 0.717) is 23.7 Å². The molecule has 0 saturated carbocycles. The molecule has 0 amide bonds. The van der Waals surface area contributed by atoms with Crippen LogP contribution in [0.15, 0.2) is 42.5 Å². The number of ether oxygens (including phenoxy) is 4. The number of aldehydes is 1. The third kappa shape index (κ3) is 6.52. The van der Waals surface area contributed by atoms with Crippen molar-refractivity contribution in [3.05, 3.63) is 53.6 Å². The van der Waals surface area contributed by atoms with E-state index in [1.165, 1.54) is 0 Å². The number of carbonyl (C=O) groups is 2. The van der Waals surface area contributed by atoms with Gasteiger partial charge in [-0.2, -0.15) is 0 Å². The van der Waals surface area contributed by atoms with E-state index in [1.807, 2.05) is 36.4 Å². The number of methoxy groups -OCH3 is 2. The summed E-state index contributed by atoms with van der Waals surface area (Å²) in [4.78, 5) is 23.2. The summed E-state index contributed by atoms with van der Waals surface area (Å²) in [6.07, 6.45) is 1.18. The van der Waals surface area contributed by atoms with Crippen LogP contribution >= 0.6 is 0 Å². The van der Waals surface area contributed by atoms with E-state index in [0.717, 1.165) is 17.4 Å². The first-order valence-electron chi connectivity index (χ1n) is 9.37. The van der Waals surface area contributed by atoms with Gasteiger partial charge in [-0.3, -0.25) is 0 Å². The molecule has 0 heterocycles. The van der Waals surface area contributed by atoms with Gasteiger partial charge in [-0.25, -0.2) is 4.79 Å². The predicted octanol–water partition coefficient (Wildman–Crippen LogP) is 4.15. The first-order chi connectivity index (χ1) is 13.8. The van der Waals surface area contributed by atoms with Crippen molar-refractivity contribution in [3.8, 4) is 17.2 Å². The third-order valence-corrected chi connectivity index (χ3v) is 4.18. The van der Waals surface area contributed by atoms with Gasteiger partial charge in [0, 0.05) is 12.3 Å². The largest absolute Gasteiger partial charge is 0.493 e. The molecule has 0 aliphatic carbocycles. The molecule has 0 aliphatic heterocycles. The van der Waals surface area contributed by atoms with E-state index in [-0.39, 0.29) is 12.5 Å². The Kier molecular flexibility index (Phi) is 7.65. The van der Waals surface area contributed by atoms with Crippen molar-refractivity contribution in [2.45, 2.75) is 38.7 Å². The molecule has 1 unspecified atom stereocenters. The van der Waals surface area contributed by atoms with Gasteiger partial charge in [0.2, 0.25) is 0 Å². The summed E-state index contributed by atoms with van der Waals surface area (Å²) in [6.45, 7) is 5.23. The van der Waals surface area contributed by atoms with Crippen LogP contribution < -0.4 is 14.2 Å². The molecule has 156 valence electrons. The maximum Gasteiger partial charge on any atom is 0.344 e. The van der Waals surface area contributed by atoms with Gasteiger partial charge in [-0.1, -0.05) is 18.2 Å². The Morgan fingerprint density at radius 2 is 1.69 bits per heavy atom. The zero-order chi connectivity index (χ0) is 21.4. The van der Waals surface area contributed by atoms with Crippen LogP contribution in [-0.2, 0) is 14.3 Å². The molecule has 0 N–H and O–H groups in total. The fraction of sp³-hybridized carbons (Fsp3) is 0.391. The van der Waals surface area contributed by atoms with Crippen molar-refractivity contribution in [2.24, 2.45) is 0 Å². The molecule has 0 bridgehead atoms. The minimum absolute atomic E-state index is 0.183. The summed E-state index contributed by atoms with van der Waals surface area (Å²) in [5, 5.41) is 0. The van der Waals surface area contributed by atoms with Gasteiger partial charge in [0.05, 0.1) is 14.2 Å². The summed E-state index contributed by atoms with van der Waals surface area (Å²) in [6, 6.07) is 12.9. The van der Waals surface area contributed by atoms with Crippen LogP contribution in [0, 0.1) is 0 Å². The fourth-order valence-electron chi connectivity index (χ4n) is 2.96. The van der Waals surface area contributed by atoms with Crippen LogP contribution in [0.4, 0.5) is 0 Å². The lowest BCUT2D eigenvalue weighted by Gasteiger charge is -2.20. The van der Waals surface area contributed by atoms with Crippen molar-refractivity contribution in [3.63, 3.8) is 0 Å². The molecule has 6 heteroatoms. The highest BCUT2D eigenvalue weighted by molar-refractivity contribution is 5.71. The molecule has 6 nitrogen and oxygen atoms in total. The highest BCUT2D eigenvalue weighted by Gasteiger charge is 2.19. The number of rotatable bonds is 9. The Morgan fingerprint density at radius 3 is 2.31 bits per heavy atom. The Labute approximate surface area is 171 Å². The van der Waals surface area contributed by atoms with Crippen molar-refractivity contribution in [2.75, 3.05) is 20.8 Å². The number of benzene rings is 2. The summed E-state index contributed by atoms with van der Waals surface area (Å²) < 4.78 is 21.5. The highest BCUT2D eigenvalue weighted by atomic mass is 16.6.